The third-order valence-corrected chi connectivity index (χ3v) is 4.69. The summed E-state index contributed by atoms with van der Waals surface area (Å²) in [5.74, 6) is 1.57. The average molecular weight is 291 g/mol. The molecule has 1 aromatic heterocycles. The Kier molecular flexibility index (Phi) is 3.90. The van der Waals surface area contributed by atoms with E-state index in [1.165, 1.54) is 31.9 Å². The molecule has 0 bridgehead atoms. The van der Waals surface area contributed by atoms with Crippen molar-refractivity contribution >= 4 is 17.5 Å². The first kappa shape index (κ1) is 14.0. The highest BCUT2D eigenvalue weighted by Crippen LogP contribution is 2.39. The molecule has 0 aromatic carbocycles. The summed E-state index contributed by atoms with van der Waals surface area (Å²) in [5, 5.41) is 14.2. The number of nitrogens with one attached hydrogen (secondary N) is 1. The number of rotatable bonds is 4. The summed E-state index contributed by atoms with van der Waals surface area (Å²) < 4.78 is 0. The first-order valence-corrected chi connectivity index (χ1v) is 7.66. The lowest BCUT2D eigenvalue weighted by molar-refractivity contribution is -0.384. The van der Waals surface area contributed by atoms with Crippen LogP contribution in [0.2, 0.25) is 0 Å². The molecule has 1 aliphatic carbocycles. The summed E-state index contributed by atoms with van der Waals surface area (Å²) in [4.78, 5) is 21.4. The third-order valence-electron chi connectivity index (χ3n) is 4.69. The van der Waals surface area contributed by atoms with Gasteiger partial charge in [0.2, 0.25) is 11.8 Å². The van der Waals surface area contributed by atoms with E-state index in [0.717, 1.165) is 19.4 Å². The molecule has 1 unspecified atom stereocenters. The highest BCUT2D eigenvalue weighted by atomic mass is 16.6. The number of aromatic nitrogens is 2. The van der Waals surface area contributed by atoms with Crippen molar-refractivity contribution < 1.29 is 4.92 Å². The molecule has 0 radical (unpaired) electrons. The Morgan fingerprint density at radius 3 is 2.76 bits per heavy atom. The van der Waals surface area contributed by atoms with Crippen LogP contribution in [0, 0.1) is 16.0 Å². The van der Waals surface area contributed by atoms with Crippen molar-refractivity contribution in [3.8, 4) is 0 Å². The van der Waals surface area contributed by atoms with Gasteiger partial charge in [0.05, 0.1) is 4.92 Å². The van der Waals surface area contributed by atoms with Gasteiger partial charge in [-0.3, -0.25) is 10.1 Å². The number of nitrogens with zero attached hydrogens (tertiary/aromatic N) is 4. The van der Waals surface area contributed by atoms with Gasteiger partial charge >= 0.3 is 5.69 Å². The van der Waals surface area contributed by atoms with Gasteiger partial charge < -0.3 is 10.2 Å². The van der Waals surface area contributed by atoms with E-state index in [1.807, 2.05) is 0 Å². The molecule has 1 atom stereocenters. The van der Waals surface area contributed by atoms with E-state index in [-0.39, 0.29) is 10.6 Å². The van der Waals surface area contributed by atoms with E-state index in [0.29, 0.717) is 23.7 Å². The second kappa shape index (κ2) is 5.83. The maximum atomic E-state index is 11.3. The van der Waals surface area contributed by atoms with Gasteiger partial charge in [0.1, 0.15) is 6.20 Å². The molecule has 1 N–H and O–H groups in total. The van der Waals surface area contributed by atoms with E-state index in [9.17, 15) is 10.1 Å². The molecule has 1 saturated carbocycles. The predicted molar refractivity (Wildman–Crippen MR) is 80.6 cm³/mol. The van der Waals surface area contributed by atoms with Crippen LogP contribution in [0.5, 0.6) is 0 Å². The maximum absolute atomic E-state index is 11.3. The molecule has 1 aromatic rings. The topological polar surface area (TPSA) is 84.2 Å². The van der Waals surface area contributed by atoms with Crippen LogP contribution in [0.1, 0.15) is 38.5 Å². The summed E-state index contributed by atoms with van der Waals surface area (Å²) in [6.07, 6.45) is 8.54. The van der Waals surface area contributed by atoms with Crippen LogP contribution >= 0.6 is 0 Å². The summed E-state index contributed by atoms with van der Waals surface area (Å²) in [6.45, 7) is 0.849. The van der Waals surface area contributed by atoms with Crippen molar-refractivity contribution in [3.63, 3.8) is 0 Å². The molecular formula is C14H21N5O2. The van der Waals surface area contributed by atoms with Gasteiger partial charge in [-0.05, 0) is 31.6 Å². The molecule has 7 nitrogen and oxygen atoms in total. The Hall–Kier alpha value is -1.92. The van der Waals surface area contributed by atoms with Gasteiger partial charge in [0, 0.05) is 19.6 Å². The largest absolute Gasteiger partial charge is 0.357 e. The highest BCUT2D eigenvalue weighted by molar-refractivity contribution is 5.60. The lowest BCUT2D eigenvalue weighted by atomic mass is 9.96. The molecular weight excluding hydrogens is 270 g/mol. The van der Waals surface area contributed by atoms with Gasteiger partial charge in [0.25, 0.3) is 0 Å². The molecule has 2 aliphatic rings. The molecule has 21 heavy (non-hydrogen) atoms. The number of nitro groups is 1. The number of hydrogen-bond donors (Lipinski definition) is 1. The quantitative estimate of drug-likeness (QED) is 0.678. The fourth-order valence-electron chi connectivity index (χ4n) is 3.71. The zero-order valence-corrected chi connectivity index (χ0v) is 12.3. The Bertz CT molecular complexity index is 530. The first-order chi connectivity index (χ1) is 10.2. The minimum absolute atomic E-state index is 0.0129. The fourth-order valence-corrected chi connectivity index (χ4v) is 3.71. The third kappa shape index (κ3) is 2.64. The number of anilines is 2. The van der Waals surface area contributed by atoms with Crippen molar-refractivity contribution in [2.24, 2.45) is 5.92 Å². The van der Waals surface area contributed by atoms with Gasteiger partial charge in [-0.25, -0.2) is 4.98 Å². The van der Waals surface area contributed by atoms with Gasteiger partial charge in [-0.2, -0.15) is 4.98 Å². The standard InChI is InChI=1S/C14H21N5O2/c1-15-14-16-9-12(19(20)21)13(17-14)18-8-4-7-11(18)10-5-2-3-6-10/h9-11H,2-8H2,1H3,(H,15,16,17). The fraction of sp³-hybridized carbons (Fsp3) is 0.714. The molecule has 2 fully saturated rings. The van der Waals surface area contributed by atoms with Gasteiger partial charge in [-0.1, -0.05) is 12.8 Å². The van der Waals surface area contributed by atoms with Crippen LogP contribution in [0.15, 0.2) is 6.20 Å². The Balaban J connectivity index is 1.95. The molecule has 0 amide bonds. The second-order valence-electron chi connectivity index (χ2n) is 5.86. The van der Waals surface area contributed by atoms with E-state index >= 15 is 0 Å². The molecule has 1 saturated heterocycles. The molecule has 114 valence electrons. The van der Waals surface area contributed by atoms with Crippen molar-refractivity contribution in [1.82, 2.24) is 9.97 Å². The molecule has 1 aliphatic heterocycles. The van der Waals surface area contributed by atoms with Crippen LogP contribution in [0.3, 0.4) is 0 Å². The molecule has 7 heteroatoms. The predicted octanol–water partition coefficient (Wildman–Crippen LogP) is 2.59. The zero-order valence-electron chi connectivity index (χ0n) is 12.3. The molecule has 2 heterocycles. The second-order valence-corrected chi connectivity index (χ2v) is 5.86. The monoisotopic (exact) mass is 291 g/mol. The smallest absolute Gasteiger partial charge is 0.329 e. The van der Waals surface area contributed by atoms with Crippen molar-refractivity contribution in [3.05, 3.63) is 16.3 Å². The minimum Gasteiger partial charge on any atom is -0.357 e. The zero-order chi connectivity index (χ0) is 14.8. The summed E-state index contributed by atoms with van der Waals surface area (Å²) in [5.41, 5.74) is 0.0129. The normalized spacial score (nSPS) is 22.7. The van der Waals surface area contributed by atoms with Crippen LogP contribution in [-0.2, 0) is 0 Å². The lowest BCUT2D eigenvalue weighted by Gasteiger charge is -2.30. The number of hydrogen-bond acceptors (Lipinski definition) is 6. The van der Waals surface area contributed by atoms with E-state index in [1.54, 1.807) is 7.05 Å². The van der Waals surface area contributed by atoms with Crippen LogP contribution < -0.4 is 10.2 Å². The Labute approximate surface area is 123 Å². The molecule has 0 spiro atoms. The van der Waals surface area contributed by atoms with Crippen LogP contribution in [-0.4, -0.2) is 34.5 Å². The van der Waals surface area contributed by atoms with E-state index < -0.39 is 0 Å². The van der Waals surface area contributed by atoms with Crippen LogP contribution in [0.4, 0.5) is 17.5 Å². The van der Waals surface area contributed by atoms with Gasteiger partial charge in [0.15, 0.2) is 0 Å². The average Bonchev–Trinajstić information content (AvgIpc) is 3.16. The first-order valence-electron chi connectivity index (χ1n) is 7.66. The lowest BCUT2D eigenvalue weighted by Crippen LogP contribution is -2.35. The van der Waals surface area contributed by atoms with Crippen molar-refractivity contribution in [2.75, 3.05) is 23.8 Å². The Morgan fingerprint density at radius 2 is 2.10 bits per heavy atom. The maximum Gasteiger partial charge on any atom is 0.329 e. The van der Waals surface area contributed by atoms with Crippen LogP contribution in [0.25, 0.3) is 0 Å². The highest BCUT2D eigenvalue weighted by Gasteiger charge is 2.37. The summed E-state index contributed by atoms with van der Waals surface area (Å²) in [7, 11) is 1.73. The summed E-state index contributed by atoms with van der Waals surface area (Å²) >= 11 is 0. The SMILES string of the molecule is CNc1ncc([N+](=O)[O-])c(N2CCCC2C2CCCC2)n1. The van der Waals surface area contributed by atoms with Crippen molar-refractivity contribution in [2.45, 2.75) is 44.6 Å². The summed E-state index contributed by atoms with van der Waals surface area (Å²) in [6, 6.07) is 0.394. The van der Waals surface area contributed by atoms with E-state index in [4.69, 9.17) is 0 Å². The molecule has 3 rings (SSSR count). The van der Waals surface area contributed by atoms with Crippen molar-refractivity contribution in [1.29, 1.82) is 0 Å². The van der Waals surface area contributed by atoms with E-state index in [2.05, 4.69) is 20.2 Å². The minimum atomic E-state index is -0.376. The Morgan fingerprint density at radius 1 is 1.33 bits per heavy atom. The van der Waals surface area contributed by atoms with Gasteiger partial charge in [-0.15, -0.1) is 0 Å².